The van der Waals surface area contributed by atoms with E-state index in [1.165, 1.54) is 7.11 Å². The first-order chi connectivity index (χ1) is 9.61. The average molecular weight is 270 g/mol. The van der Waals surface area contributed by atoms with Crippen LogP contribution >= 0.6 is 0 Å². The number of nitrogens with one attached hydrogen (secondary N) is 1. The lowest BCUT2D eigenvalue weighted by Crippen LogP contribution is -2.27. The number of benzene rings is 2. The first-order valence-corrected chi connectivity index (χ1v) is 6.41. The normalized spacial score (nSPS) is 11.7. The van der Waals surface area contributed by atoms with Gasteiger partial charge in [0.05, 0.1) is 18.7 Å². The molecular weight excluding hydrogens is 252 g/mol. The zero-order chi connectivity index (χ0) is 14.5. The number of hydrogen-bond acceptors (Lipinski definition) is 3. The Morgan fingerprint density at radius 3 is 2.55 bits per heavy atom. The van der Waals surface area contributed by atoms with Gasteiger partial charge in [0.1, 0.15) is 5.75 Å². The van der Waals surface area contributed by atoms with Crippen molar-refractivity contribution in [3.63, 3.8) is 0 Å². The number of hydrogen-bond donors (Lipinski definition) is 2. The summed E-state index contributed by atoms with van der Waals surface area (Å²) in [4.78, 5) is 12.3. The number of anilines is 1. The van der Waals surface area contributed by atoms with Crippen molar-refractivity contribution < 1.29 is 9.53 Å². The largest absolute Gasteiger partial charge is 0.496 e. The SMILES string of the molecule is COc1cc(N)ccc1C(=O)N[C@H](C)c1ccccc1. The molecule has 3 N–H and O–H groups in total. The van der Waals surface area contributed by atoms with Crippen LogP contribution in [0.15, 0.2) is 48.5 Å². The van der Waals surface area contributed by atoms with Gasteiger partial charge >= 0.3 is 0 Å². The topological polar surface area (TPSA) is 64.3 Å². The molecule has 0 aliphatic rings. The molecule has 0 spiro atoms. The Bertz CT molecular complexity index is 597. The summed E-state index contributed by atoms with van der Waals surface area (Å²) >= 11 is 0. The minimum absolute atomic E-state index is 0.0778. The minimum atomic E-state index is -0.182. The lowest BCUT2D eigenvalue weighted by atomic mass is 10.1. The van der Waals surface area contributed by atoms with Crippen LogP contribution in [0.3, 0.4) is 0 Å². The third-order valence-corrected chi connectivity index (χ3v) is 3.12. The van der Waals surface area contributed by atoms with E-state index in [9.17, 15) is 4.79 Å². The Hall–Kier alpha value is -2.49. The van der Waals surface area contributed by atoms with Gasteiger partial charge in [-0.15, -0.1) is 0 Å². The highest BCUT2D eigenvalue weighted by atomic mass is 16.5. The molecule has 1 atom stereocenters. The summed E-state index contributed by atoms with van der Waals surface area (Å²) in [5.41, 5.74) is 7.78. The molecule has 0 bridgehead atoms. The van der Waals surface area contributed by atoms with Gasteiger partial charge < -0.3 is 15.8 Å². The van der Waals surface area contributed by atoms with Crippen LogP contribution < -0.4 is 15.8 Å². The summed E-state index contributed by atoms with van der Waals surface area (Å²) < 4.78 is 5.19. The highest BCUT2D eigenvalue weighted by Gasteiger charge is 2.15. The molecule has 0 fully saturated rings. The van der Waals surface area contributed by atoms with Crippen LogP contribution in [0.2, 0.25) is 0 Å². The number of nitrogens with two attached hydrogens (primary N) is 1. The van der Waals surface area contributed by atoms with Gasteiger partial charge in [0.25, 0.3) is 5.91 Å². The van der Waals surface area contributed by atoms with Gasteiger partial charge in [-0.3, -0.25) is 4.79 Å². The monoisotopic (exact) mass is 270 g/mol. The molecule has 0 saturated heterocycles. The molecule has 0 radical (unpaired) electrons. The first-order valence-electron chi connectivity index (χ1n) is 6.41. The van der Waals surface area contributed by atoms with Crippen molar-refractivity contribution in [3.05, 3.63) is 59.7 Å². The second-order valence-corrected chi connectivity index (χ2v) is 4.57. The molecular formula is C16H18N2O2. The first kappa shape index (κ1) is 13.9. The lowest BCUT2D eigenvalue weighted by Gasteiger charge is -2.16. The van der Waals surface area contributed by atoms with E-state index in [0.717, 1.165) is 5.56 Å². The van der Waals surface area contributed by atoms with Gasteiger partial charge in [-0.05, 0) is 24.6 Å². The second-order valence-electron chi connectivity index (χ2n) is 4.57. The van der Waals surface area contributed by atoms with E-state index < -0.39 is 0 Å². The number of nitrogen functional groups attached to an aromatic ring is 1. The van der Waals surface area contributed by atoms with Crippen molar-refractivity contribution in [2.75, 3.05) is 12.8 Å². The van der Waals surface area contributed by atoms with Crippen LogP contribution in [0.1, 0.15) is 28.9 Å². The number of methoxy groups -OCH3 is 1. The van der Waals surface area contributed by atoms with Crippen LogP contribution in [0.5, 0.6) is 5.75 Å². The molecule has 2 aromatic carbocycles. The molecule has 1 amide bonds. The highest BCUT2D eigenvalue weighted by molar-refractivity contribution is 5.97. The predicted molar refractivity (Wildman–Crippen MR) is 79.7 cm³/mol. The van der Waals surface area contributed by atoms with Crippen LogP contribution in [0.4, 0.5) is 5.69 Å². The number of amides is 1. The predicted octanol–water partition coefficient (Wildman–Crippen LogP) is 2.77. The summed E-state index contributed by atoms with van der Waals surface area (Å²) in [6.45, 7) is 1.94. The number of ether oxygens (including phenoxy) is 1. The fourth-order valence-corrected chi connectivity index (χ4v) is 1.99. The van der Waals surface area contributed by atoms with Gasteiger partial charge in [-0.25, -0.2) is 0 Å². The van der Waals surface area contributed by atoms with E-state index in [1.807, 2.05) is 37.3 Å². The number of carbonyl (C=O) groups excluding carboxylic acids is 1. The molecule has 2 rings (SSSR count). The minimum Gasteiger partial charge on any atom is -0.496 e. The fourth-order valence-electron chi connectivity index (χ4n) is 1.99. The second kappa shape index (κ2) is 6.10. The zero-order valence-electron chi connectivity index (χ0n) is 11.6. The standard InChI is InChI=1S/C16H18N2O2/c1-11(12-6-4-3-5-7-12)18-16(19)14-9-8-13(17)10-15(14)20-2/h3-11H,17H2,1-2H3,(H,18,19)/t11-/m1/s1. The van der Waals surface area contributed by atoms with Crippen molar-refractivity contribution >= 4 is 11.6 Å². The van der Waals surface area contributed by atoms with E-state index in [-0.39, 0.29) is 11.9 Å². The maximum absolute atomic E-state index is 12.3. The summed E-state index contributed by atoms with van der Waals surface area (Å²) in [6, 6.07) is 14.7. The number of rotatable bonds is 4. The Kier molecular flexibility index (Phi) is 4.25. The highest BCUT2D eigenvalue weighted by Crippen LogP contribution is 2.22. The Morgan fingerprint density at radius 2 is 1.90 bits per heavy atom. The maximum atomic E-state index is 12.3. The lowest BCUT2D eigenvalue weighted by molar-refractivity contribution is 0.0937. The van der Waals surface area contributed by atoms with Gasteiger partial charge in [0.15, 0.2) is 0 Å². The molecule has 0 unspecified atom stereocenters. The van der Waals surface area contributed by atoms with E-state index in [1.54, 1.807) is 18.2 Å². The van der Waals surface area contributed by atoms with Crippen LogP contribution in [-0.2, 0) is 0 Å². The summed E-state index contributed by atoms with van der Waals surface area (Å²) in [7, 11) is 1.52. The van der Waals surface area contributed by atoms with E-state index in [4.69, 9.17) is 10.5 Å². The smallest absolute Gasteiger partial charge is 0.255 e. The van der Waals surface area contributed by atoms with Gasteiger partial charge in [0, 0.05) is 11.8 Å². The number of carbonyl (C=O) groups is 1. The van der Waals surface area contributed by atoms with Crippen molar-refractivity contribution in [1.82, 2.24) is 5.32 Å². The van der Waals surface area contributed by atoms with Gasteiger partial charge in [-0.1, -0.05) is 30.3 Å². The van der Waals surface area contributed by atoms with Gasteiger partial charge in [-0.2, -0.15) is 0 Å². The quantitative estimate of drug-likeness (QED) is 0.840. The third-order valence-electron chi connectivity index (χ3n) is 3.12. The molecule has 4 heteroatoms. The zero-order valence-corrected chi connectivity index (χ0v) is 11.6. The molecule has 0 aliphatic carbocycles. The van der Waals surface area contributed by atoms with Crippen molar-refractivity contribution in [1.29, 1.82) is 0 Å². The average Bonchev–Trinajstić information content (AvgIpc) is 2.47. The molecule has 104 valence electrons. The molecule has 2 aromatic rings. The van der Waals surface area contributed by atoms with Crippen LogP contribution in [0, 0.1) is 0 Å². The fraction of sp³-hybridized carbons (Fsp3) is 0.188. The van der Waals surface area contributed by atoms with Crippen molar-refractivity contribution in [2.24, 2.45) is 0 Å². The summed E-state index contributed by atoms with van der Waals surface area (Å²) in [6.07, 6.45) is 0. The Labute approximate surface area is 118 Å². The molecule has 0 aromatic heterocycles. The van der Waals surface area contributed by atoms with E-state index in [0.29, 0.717) is 17.0 Å². The van der Waals surface area contributed by atoms with Crippen LogP contribution in [0.25, 0.3) is 0 Å². The molecule has 0 saturated carbocycles. The van der Waals surface area contributed by atoms with Crippen molar-refractivity contribution in [2.45, 2.75) is 13.0 Å². The molecule has 4 nitrogen and oxygen atoms in total. The van der Waals surface area contributed by atoms with Crippen molar-refractivity contribution in [3.8, 4) is 5.75 Å². The van der Waals surface area contributed by atoms with Gasteiger partial charge in [0.2, 0.25) is 0 Å². The van der Waals surface area contributed by atoms with E-state index >= 15 is 0 Å². The third kappa shape index (κ3) is 3.09. The summed E-state index contributed by atoms with van der Waals surface area (Å²) in [5, 5.41) is 2.95. The molecule has 20 heavy (non-hydrogen) atoms. The Balaban J connectivity index is 2.16. The Morgan fingerprint density at radius 1 is 1.20 bits per heavy atom. The van der Waals surface area contributed by atoms with Crippen LogP contribution in [-0.4, -0.2) is 13.0 Å². The summed E-state index contributed by atoms with van der Waals surface area (Å²) in [5.74, 6) is 0.293. The maximum Gasteiger partial charge on any atom is 0.255 e. The molecule has 0 aliphatic heterocycles. The molecule has 0 heterocycles. The van der Waals surface area contributed by atoms with E-state index in [2.05, 4.69) is 5.32 Å².